The lowest BCUT2D eigenvalue weighted by atomic mass is 9.81. The predicted octanol–water partition coefficient (Wildman–Crippen LogP) is 2.74. The molecule has 2 aliphatic carbocycles. The first-order valence-electron chi connectivity index (χ1n) is 9.83. The molecule has 1 saturated carbocycles. The highest BCUT2D eigenvalue weighted by molar-refractivity contribution is 5.94. The van der Waals surface area contributed by atoms with E-state index in [1.54, 1.807) is 0 Å². The molecule has 0 spiro atoms. The Hall–Kier alpha value is -2.18. The lowest BCUT2D eigenvalue weighted by molar-refractivity contribution is 0.0613. The molecule has 1 aliphatic heterocycles. The summed E-state index contributed by atoms with van der Waals surface area (Å²) in [5.41, 5.74) is 2.62. The maximum atomic E-state index is 13.2. The fourth-order valence-corrected chi connectivity index (χ4v) is 4.38. The minimum atomic E-state index is -0.273. The number of H-pyrrole nitrogens is 1. The third-order valence-corrected chi connectivity index (χ3v) is 6.14. The second kappa shape index (κ2) is 5.93. The number of amides is 1. The molecule has 26 heavy (non-hydrogen) atoms. The number of carbonyl (C=O) groups is 1. The van der Waals surface area contributed by atoms with Crippen molar-refractivity contribution in [2.24, 2.45) is 0 Å². The van der Waals surface area contributed by atoms with Gasteiger partial charge in [-0.1, -0.05) is 5.16 Å². The van der Waals surface area contributed by atoms with Gasteiger partial charge in [-0.05, 0) is 58.3 Å². The van der Waals surface area contributed by atoms with Crippen LogP contribution in [-0.2, 0) is 18.3 Å². The molecule has 1 atom stereocenters. The van der Waals surface area contributed by atoms with Gasteiger partial charge < -0.3 is 9.42 Å². The van der Waals surface area contributed by atoms with Crippen molar-refractivity contribution in [2.75, 3.05) is 13.1 Å². The lowest BCUT2D eigenvalue weighted by Crippen LogP contribution is -2.47. The molecule has 1 unspecified atom stereocenters. The Morgan fingerprint density at radius 2 is 2.12 bits per heavy atom. The SMILES string of the molecule is CC1(c2nc(C3CC3)no2)CCCN(C(=O)c2n[nH]c3c2CCCC3)C1. The van der Waals surface area contributed by atoms with Crippen molar-refractivity contribution >= 4 is 5.91 Å². The molecule has 1 saturated heterocycles. The maximum Gasteiger partial charge on any atom is 0.274 e. The Labute approximate surface area is 152 Å². The lowest BCUT2D eigenvalue weighted by Gasteiger charge is -2.37. The van der Waals surface area contributed by atoms with Crippen LogP contribution in [0.5, 0.6) is 0 Å². The number of carbonyl (C=O) groups excluding carboxylic acids is 1. The molecule has 0 aromatic carbocycles. The summed E-state index contributed by atoms with van der Waals surface area (Å²) in [6.07, 6.45) is 8.47. The van der Waals surface area contributed by atoms with Crippen molar-refractivity contribution in [3.8, 4) is 0 Å². The number of nitrogens with zero attached hydrogens (tertiary/aromatic N) is 4. The van der Waals surface area contributed by atoms with Crippen molar-refractivity contribution in [1.29, 1.82) is 0 Å². The number of nitrogens with one attached hydrogen (secondary N) is 1. The van der Waals surface area contributed by atoms with Crippen molar-refractivity contribution in [2.45, 2.75) is 69.6 Å². The molecule has 7 nitrogen and oxygen atoms in total. The van der Waals surface area contributed by atoms with Crippen LogP contribution in [0.15, 0.2) is 4.52 Å². The van der Waals surface area contributed by atoms with Crippen molar-refractivity contribution in [3.05, 3.63) is 28.7 Å². The van der Waals surface area contributed by atoms with Gasteiger partial charge in [-0.2, -0.15) is 10.1 Å². The summed E-state index contributed by atoms with van der Waals surface area (Å²) in [5, 5.41) is 11.6. The number of rotatable bonds is 3. The summed E-state index contributed by atoms with van der Waals surface area (Å²) in [6, 6.07) is 0. The zero-order chi connectivity index (χ0) is 17.7. The maximum absolute atomic E-state index is 13.2. The zero-order valence-electron chi connectivity index (χ0n) is 15.3. The van der Waals surface area contributed by atoms with E-state index in [9.17, 15) is 4.79 Å². The number of piperidine rings is 1. The number of likely N-dealkylation sites (tertiary alicyclic amines) is 1. The van der Waals surface area contributed by atoms with Crippen LogP contribution < -0.4 is 0 Å². The molecule has 7 heteroatoms. The minimum absolute atomic E-state index is 0.0391. The monoisotopic (exact) mass is 355 g/mol. The third kappa shape index (κ3) is 2.64. The summed E-state index contributed by atoms with van der Waals surface area (Å²) >= 11 is 0. The summed E-state index contributed by atoms with van der Waals surface area (Å²) in [4.78, 5) is 19.7. The van der Waals surface area contributed by atoms with Crippen LogP contribution in [0.2, 0.25) is 0 Å². The standard InChI is InChI=1S/C19H25N5O2/c1-19(18-20-16(23-26-18)12-7-8-12)9-4-10-24(11-19)17(25)15-13-5-2-3-6-14(13)21-22-15/h12H,2-11H2,1H3,(H,21,22). The molecule has 5 rings (SSSR count). The van der Waals surface area contributed by atoms with Gasteiger partial charge in [-0.15, -0.1) is 0 Å². The van der Waals surface area contributed by atoms with Gasteiger partial charge in [0, 0.05) is 30.3 Å². The Bertz CT molecular complexity index is 837. The second-order valence-corrected chi connectivity index (χ2v) is 8.36. The van der Waals surface area contributed by atoms with Gasteiger partial charge in [0.1, 0.15) is 0 Å². The molecular weight excluding hydrogens is 330 g/mol. The summed E-state index contributed by atoms with van der Waals surface area (Å²) < 4.78 is 5.60. The fraction of sp³-hybridized carbons (Fsp3) is 0.684. The number of aromatic nitrogens is 4. The van der Waals surface area contributed by atoms with Crippen molar-refractivity contribution < 1.29 is 9.32 Å². The van der Waals surface area contributed by atoms with E-state index in [1.807, 2.05) is 4.90 Å². The molecule has 2 fully saturated rings. The predicted molar refractivity (Wildman–Crippen MR) is 94.0 cm³/mol. The third-order valence-electron chi connectivity index (χ3n) is 6.14. The zero-order valence-corrected chi connectivity index (χ0v) is 15.3. The highest BCUT2D eigenvalue weighted by Crippen LogP contribution is 2.40. The van der Waals surface area contributed by atoms with Gasteiger partial charge in [0.05, 0.1) is 5.41 Å². The van der Waals surface area contributed by atoms with Crippen LogP contribution in [0, 0.1) is 0 Å². The summed E-state index contributed by atoms with van der Waals surface area (Å²) in [6.45, 7) is 3.51. The first-order valence-corrected chi connectivity index (χ1v) is 9.83. The molecule has 1 N–H and O–H groups in total. The molecule has 0 bridgehead atoms. The van der Waals surface area contributed by atoms with E-state index >= 15 is 0 Å². The molecule has 2 aromatic rings. The van der Waals surface area contributed by atoms with E-state index < -0.39 is 0 Å². The van der Waals surface area contributed by atoms with Gasteiger partial charge >= 0.3 is 0 Å². The topological polar surface area (TPSA) is 87.9 Å². The highest BCUT2D eigenvalue weighted by Gasteiger charge is 2.41. The molecule has 0 radical (unpaired) electrons. The van der Waals surface area contributed by atoms with Gasteiger partial charge in [0.25, 0.3) is 5.91 Å². The van der Waals surface area contributed by atoms with Crippen LogP contribution in [0.3, 0.4) is 0 Å². The average molecular weight is 355 g/mol. The second-order valence-electron chi connectivity index (χ2n) is 8.36. The van der Waals surface area contributed by atoms with E-state index in [0.717, 1.165) is 68.6 Å². The van der Waals surface area contributed by atoms with E-state index in [1.165, 1.54) is 6.42 Å². The van der Waals surface area contributed by atoms with E-state index in [-0.39, 0.29) is 11.3 Å². The Morgan fingerprint density at radius 1 is 1.27 bits per heavy atom. The van der Waals surface area contributed by atoms with Crippen molar-refractivity contribution in [1.82, 2.24) is 25.2 Å². The van der Waals surface area contributed by atoms with Gasteiger partial charge in [0.2, 0.25) is 5.89 Å². The molecule has 2 aromatic heterocycles. The van der Waals surface area contributed by atoms with Crippen LogP contribution >= 0.6 is 0 Å². The van der Waals surface area contributed by atoms with Crippen LogP contribution in [0.25, 0.3) is 0 Å². The Morgan fingerprint density at radius 3 is 2.96 bits per heavy atom. The molecule has 1 amide bonds. The van der Waals surface area contributed by atoms with Gasteiger partial charge in [0.15, 0.2) is 11.5 Å². The first kappa shape index (κ1) is 16.0. The van der Waals surface area contributed by atoms with E-state index in [2.05, 4.69) is 27.3 Å². The first-order chi connectivity index (χ1) is 12.6. The number of fused-ring (bicyclic) bond motifs is 1. The van der Waals surface area contributed by atoms with E-state index in [4.69, 9.17) is 4.52 Å². The largest absolute Gasteiger partial charge is 0.339 e. The highest BCUT2D eigenvalue weighted by atomic mass is 16.5. The number of aryl methyl sites for hydroxylation is 1. The number of aromatic amines is 1. The average Bonchev–Trinajstić information content (AvgIpc) is 3.22. The molecular formula is C19H25N5O2. The van der Waals surface area contributed by atoms with E-state index in [0.29, 0.717) is 24.0 Å². The van der Waals surface area contributed by atoms with Gasteiger partial charge in [-0.25, -0.2) is 0 Å². The quantitative estimate of drug-likeness (QED) is 0.914. The van der Waals surface area contributed by atoms with Gasteiger partial charge in [-0.3, -0.25) is 9.89 Å². The Kier molecular flexibility index (Phi) is 3.65. The minimum Gasteiger partial charge on any atom is -0.339 e. The molecule has 138 valence electrons. The van der Waals surface area contributed by atoms with Crippen molar-refractivity contribution in [3.63, 3.8) is 0 Å². The Balaban J connectivity index is 1.37. The number of hydrogen-bond donors (Lipinski definition) is 1. The van der Waals surface area contributed by atoms with Crippen LogP contribution in [0.4, 0.5) is 0 Å². The molecule has 3 aliphatic rings. The van der Waals surface area contributed by atoms with Crippen LogP contribution in [-0.4, -0.2) is 44.2 Å². The molecule has 3 heterocycles. The summed E-state index contributed by atoms with van der Waals surface area (Å²) in [5.74, 6) is 2.04. The number of hydrogen-bond acceptors (Lipinski definition) is 5. The smallest absolute Gasteiger partial charge is 0.274 e. The van der Waals surface area contributed by atoms with Crippen LogP contribution in [0.1, 0.15) is 84.8 Å². The normalized spacial score (nSPS) is 26.0. The summed E-state index contributed by atoms with van der Waals surface area (Å²) in [7, 11) is 0. The fourth-order valence-electron chi connectivity index (χ4n) is 4.38.